The summed E-state index contributed by atoms with van der Waals surface area (Å²) < 4.78 is 29.2. The van der Waals surface area contributed by atoms with Crippen molar-refractivity contribution in [1.29, 1.82) is 0 Å². The van der Waals surface area contributed by atoms with E-state index >= 15 is 0 Å². The summed E-state index contributed by atoms with van der Waals surface area (Å²) in [5.41, 5.74) is 0. The fourth-order valence-corrected chi connectivity index (χ4v) is 1.67. The molecule has 0 rings (SSSR count). The first-order valence-corrected chi connectivity index (χ1v) is 5.80. The fraction of sp³-hybridized carbons (Fsp3) is 1.00. The molecular formula is C4H13NO6P2. The molecule has 0 radical (unpaired) electrons. The molecule has 0 aromatic carbocycles. The predicted octanol–water partition coefficient (Wildman–Crippen LogP) is -0.859. The highest BCUT2D eigenvalue weighted by Gasteiger charge is 2.27. The van der Waals surface area contributed by atoms with Gasteiger partial charge in [0.05, 0.1) is 21.1 Å². The van der Waals surface area contributed by atoms with Gasteiger partial charge in [-0.05, 0) is 0 Å². The third-order valence-corrected chi connectivity index (χ3v) is 1.83. The molecule has 80 valence electrons. The summed E-state index contributed by atoms with van der Waals surface area (Å²) in [6.07, 6.45) is -1.28. The first-order chi connectivity index (χ1) is 5.73. The second-order valence-electron chi connectivity index (χ2n) is 3.17. The molecule has 7 nitrogen and oxygen atoms in total. The number of hydrogen-bond donors (Lipinski definition) is 1. The first-order valence-electron chi connectivity index (χ1n) is 3.32. The van der Waals surface area contributed by atoms with Gasteiger partial charge in [0.25, 0.3) is 0 Å². The summed E-state index contributed by atoms with van der Waals surface area (Å²) in [6.45, 7) is 0. The molecule has 9 heteroatoms. The van der Waals surface area contributed by atoms with Gasteiger partial charge in [0.2, 0.25) is 0 Å². The van der Waals surface area contributed by atoms with Crippen LogP contribution in [-0.2, 0) is 18.2 Å². The summed E-state index contributed by atoms with van der Waals surface area (Å²) in [6, 6.07) is 0. The lowest BCUT2D eigenvalue weighted by Gasteiger charge is -2.31. The molecule has 0 saturated carbocycles. The zero-order chi connectivity index (χ0) is 10.6. The van der Waals surface area contributed by atoms with Gasteiger partial charge in [0.15, 0.2) is 0 Å². The van der Waals surface area contributed by atoms with Gasteiger partial charge in [-0.25, -0.2) is 4.52 Å². The van der Waals surface area contributed by atoms with E-state index in [9.17, 15) is 14.0 Å². The Kier molecular flexibility index (Phi) is 5.32. The van der Waals surface area contributed by atoms with Crippen LogP contribution in [0.15, 0.2) is 0 Å². The molecule has 0 aliphatic carbocycles. The topological polar surface area (TPSA) is 95.9 Å². The van der Waals surface area contributed by atoms with Gasteiger partial charge in [0.1, 0.15) is 8.25 Å². The summed E-state index contributed by atoms with van der Waals surface area (Å²) in [7, 11) is -1.94. The van der Waals surface area contributed by atoms with Crippen molar-refractivity contribution in [2.75, 3.05) is 21.1 Å². The molecule has 13 heavy (non-hydrogen) atoms. The predicted molar refractivity (Wildman–Crippen MR) is 44.2 cm³/mol. The molecule has 1 N–H and O–H groups in total. The Morgan fingerprint density at radius 3 is 2.00 bits per heavy atom. The minimum Gasteiger partial charge on any atom is -0.781 e. The Morgan fingerprint density at radius 1 is 1.31 bits per heavy atom. The normalized spacial score (nSPS) is 19.5. The van der Waals surface area contributed by atoms with E-state index in [4.69, 9.17) is 4.89 Å². The van der Waals surface area contributed by atoms with Crippen LogP contribution < -0.4 is 4.89 Å². The Bertz CT molecular complexity index is 197. The van der Waals surface area contributed by atoms with Crippen molar-refractivity contribution in [2.45, 2.75) is 6.41 Å². The third kappa shape index (κ3) is 6.35. The summed E-state index contributed by atoms with van der Waals surface area (Å²) >= 11 is 0. The lowest BCUT2D eigenvalue weighted by atomic mass is 10.7. The largest absolute Gasteiger partial charge is 0.781 e. The molecule has 0 aliphatic rings. The van der Waals surface area contributed by atoms with Gasteiger partial charge in [-0.3, -0.25) is 13.6 Å². The van der Waals surface area contributed by atoms with Crippen LogP contribution >= 0.6 is 16.5 Å². The van der Waals surface area contributed by atoms with E-state index in [-0.39, 0.29) is 4.48 Å². The Balaban J connectivity index is 4.37. The Labute approximate surface area is 77.4 Å². The Hall–Kier alpha value is 0.260. The minimum absolute atomic E-state index is 0.0460. The van der Waals surface area contributed by atoms with Gasteiger partial charge in [-0.15, -0.1) is 0 Å². The first kappa shape index (κ1) is 13.3. The van der Waals surface area contributed by atoms with Crippen molar-refractivity contribution in [3.63, 3.8) is 0 Å². The summed E-state index contributed by atoms with van der Waals surface area (Å²) in [5, 5.41) is 0. The van der Waals surface area contributed by atoms with Crippen LogP contribution in [0.5, 0.6) is 0 Å². The van der Waals surface area contributed by atoms with Gasteiger partial charge >= 0.3 is 14.7 Å². The van der Waals surface area contributed by atoms with Crippen molar-refractivity contribution in [1.82, 2.24) is 0 Å². The zero-order valence-corrected chi connectivity index (χ0v) is 9.51. The van der Waals surface area contributed by atoms with Crippen LogP contribution in [0.4, 0.5) is 0 Å². The van der Waals surface area contributed by atoms with E-state index in [1.165, 1.54) is 0 Å². The van der Waals surface area contributed by atoms with Crippen LogP contribution in [0.2, 0.25) is 0 Å². The van der Waals surface area contributed by atoms with Crippen LogP contribution in [0.3, 0.4) is 0 Å². The van der Waals surface area contributed by atoms with Crippen LogP contribution in [0, 0.1) is 0 Å². The van der Waals surface area contributed by atoms with E-state index in [2.05, 4.69) is 9.05 Å². The standard InChI is InChI=1S/C4H13NO6P2/c1-5(2,3)4(10-12(6)7)11-13(8)9/h4,12-13H,1-3H3,(H-,6,7,8,9). The van der Waals surface area contributed by atoms with E-state index in [1.807, 2.05) is 0 Å². The van der Waals surface area contributed by atoms with Gasteiger partial charge in [-0.2, -0.15) is 0 Å². The average molecular weight is 233 g/mol. The average Bonchev–Trinajstić information content (AvgIpc) is 1.81. The zero-order valence-electron chi connectivity index (χ0n) is 7.51. The minimum atomic E-state index is -3.44. The molecule has 0 aromatic rings. The molecule has 0 amide bonds. The van der Waals surface area contributed by atoms with E-state index < -0.39 is 22.9 Å². The quantitative estimate of drug-likeness (QED) is 0.377. The second-order valence-corrected chi connectivity index (χ2v) is 4.68. The number of quaternary nitrogens is 1. The molecule has 0 heterocycles. The highest BCUT2D eigenvalue weighted by atomic mass is 31.1. The van der Waals surface area contributed by atoms with Crippen LogP contribution in [-0.4, -0.2) is 36.9 Å². The number of hydrogen-bond acceptors (Lipinski definition) is 5. The monoisotopic (exact) mass is 233 g/mol. The van der Waals surface area contributed by atoms with E-state index in [0.717, 1.165) is 0 Å². The highest BCUT2D eigenvalue weighted by molar-refractivity contribution is 7.32. The lowest BCUT2D eigenvalue weighted by Crippen LogP contribution is -2.46. The van der Waals surface area contributed by atoms with Gasteiger partial charge < -0.3 is 14.4 Å². The van der Waals surface area contributed by atoms with Gasteiger partial charge in [0, 0.05) is 0 Å². The second kappa shape index (κ2) is 5.22. The maximum absolute atomic E-state index is 10.3. The molecular weight excluding hydrogens is 220 g/mol. The number of nitrogens with zero attached hydrogens (tertiary/aromatic N) is 1. The van der Waals surface area contributed by atoms with E-state index in [1.54, 1.807) is 21.1 Å². The summed E-state index contributed by atoms with van der Waals surface area (Å²) in [4.78, 5) is 18.7. The molecule has 0 spiro atoms. The molecule has 3 unspecified atom stereocenters. The molecule has 0 fully saturated rings. The Morgan fingerprint density at radius 2 is 1.77 bits per heavy atom. The molecule has 0 aromatic heterocycles. The van der Waals surface area contributed by atoms with Crippen molar-refractivity contribution < 1.29 is 32.4 Å². The van der Waals surface area contributed by atoms with Crippen molar-refractivity contribution >= 4 is 16.5 Å². The molecule has 0 bridgehead atoms. The van der Waals surface area contributed by atoms with Crippen molar-refractivity contribution in [3.8, 4) is 0 Å². The SMILES string of the molecule is C[N+](C)(C)C(O[PH](=O)[O-])O[PH](=O)O. The third-order valence-electron chi connectivity index (χ3n) is 1.03. The van der Waals surface area contributed by atoms with Crippen molar-refractivity contribution in [3.05, 3.63) is 0 Å². The maximum Gasteiger partial charge on any atom is 0.323 e. The van der Waals surface area contributed by atoms with Crippen LogP contribution in [0.1, 0.15) is 0 Å². The maximum atomic E-state index is 10.3. The van der Waals surface area contributed by atoms with E-state index in [0.29, 0.717) is 0 Å². The number of rotatable bonds is 5. The van der Waals surface area contributed by atoms with Crippen molar-refractivity contribution in [2.24, 2.45) is 0 Å². The van der Waals surface area contributed by atoms with Gasteiger partial charge in [-0.1, -0.05) is 0 Å². The molecule has 0 saturated heterocycles. The van der Waals surface area contributed by atoms with Crippen LogP contribution in [0.25, 0.3) is 0 Å². The molecule has 0 aliphatic heterocycles. The highest BCUT2D eigenvalue weighted by Crippen LogP contribution is 2.27. The fourth-order valence-electron chi connectivity index (χ4n) is 0.509. The smallest absolute Gasteiger partial charge is 0.323 e. The summed E-state index contributed by atoms with van der Waals surface area (Å²) in [5.74, 6) is 0. The lowest BCUT2D eigenvalue weighted by molar-refractivity contribution is -0.936. The molecule has 3 atom stereocenters.